The van der Waals surface area contributed by atoms with Gasteiger partial charge in [-0.3, -0.25) is 4.72 Å². The van der Waals surface area contributed by atoms with Gasteiger partial charge in [0.1, 0.15) is 16.6 Å². The number of aromatic nitrogens is 1. The summed E-state index contributed by atoms with van der Waals surface area (Å²) in [5.41, 5.74) is 0.653. The third-order valence-electron chi connectivity index (χ3n) is 4.55. The molecule has 10 heteroatoms. The lowest BCUT2D eigenvalue weighted by atomic mass is 10.0. The molecule has 1 heterocycles. The summed E-state index contributed by atoms with van der Waals surface area (Å²) in [6, 6.07) is 13.6. The highest BCUT2D eigenvalue weighted by Crippen LogP contribution is 2.34. The van der Waals surface area contributed by atoms with E-state index < -0.39 is 16.0 Å². The first-order valence-corrected chi connectivity index (χ1v) is 11.2. The van der Waals surface area contributed by atoms with Crippen molar-refractivity contribution in [3.63, 3.8) is 0 Å². The molecule has 4 rings (SSSR count). The van der Waals surface area contributed by atoms with Crippen LogP contribution in [0.5, 0.6) is 5.75 Å². The fraction of sp³-hybridized carbons (Fsp3) is 0.0476. The smallest absolute Gasteiger partial charge is 0.335 e. The molecule has 0 aliphatic heterocycles. The Kier molecular flexibility index (Phi) is 5.34. The number of ether oxygens (including phenoxy) is 1. The van der Waals surface area contributed by atoms with E-state index >= 15 is 0 Å². The number of hydrogen-bond donors (Lipinski definition) is 2. The quantitative estimate of drug-likeness (QED) is 0.437. The first-order valence-electron chi connectivity index (χ1n) is 8.87. The number of carboxylic acids is 1. The number of sulfonamides is 1. The van der Waals surface area contributed by atoms with Crippen molar-refractivity contribution in [2.24, 2.45) is 0 Å². The molecule has 7 nitrogen and oxygen atoms in total. The lowest BCUT2D eigenvalue weighted by molar-refractivity contribution is 0.0696. The molecular weight excluding hydrogens is 443 g/mol. The normalized spacial score (nSPS) is 11.4. The molecule has 158 valence electrons. The first-order chi connectivity index (χ1) is 14.8. The van der Waals surface area contributed by atoms with E-state index in [-0.39, 0.29) is 27.8 Å². The number of hydrogen-bond acceptors (Lipinski definition) is 6. The minimum Gasteiger partial charge on any atom is -0.495 e. The lowest BCUT2D eigenvalue weighted by Crippen LogP contribution is -2.14. The second kappa shape index (κ2) is 7.97. The molecule has 4 aromatic rings. The fourth-order valence-electron chi connectivity index (χ4n) is 3.06. The summed E-state index contributed by atoms with van der Waals surface area (Å²) in [6.07, 6.45) is 0. The van der Waals surface area contributed by atoms with E-state index in [1.165, 1.54) is 36.8 Å². The molecular formula is C21H15FN2O5S2. The Morgan fingerprint density at radius 2 is 1.87 bits per heavy atom. The minimum atomic E-state index is -4.08. The van der Waals surface area contributed by atoms with Gasteiger partial charge in [-0.2, -0.15) is 8.42 Å². The van der Waals surface area contributed by atoms with Gasteiger partial charge in [0.15, 0.2) is 5.03 Å². The molecule has 1 aromatic heterocycles. The van der Waals surface area contributed by atoms with Gasteiger partial charge in [-0.05, 0) is 35.7 Å². The van der Waals surface area contributed by atoms with Crippen LogP contribution in [0.15, 0.2) is 65.0 Å². The van der Waals surface area contributed by atoms with Gasteiger partial charge >= 0.3 is 5.97 Å². The molecule has 0 aliphatic carbocycles. The summed E-state index contributed by atoms with van der Waals surface area (Å²) in [7, 11) is -2.77. The topological polar surface area (TPSA) is 106 Å². The fourth-order valence-corrected chi connectivity index (χ4v) is 5.26. The third-order valence-corrected chi connectivity index (χ3v) is 6.83. The Bertz CT molecular complexity index is 1420. The van der Waals surface area contributed by atoms with E-state index in [1.54, 1.807) is 30.3 Å². The average molecular weight is 458 g/mol. The number of nitrogens with zero attached hydrogens (tertiary/aromatic N) is 1. The highest BCUT2D eigenvalue weighted by Gasteiger charge is 2.22. The average Bonchev–Trinajstić information content (AvgIpc) is 3.25. The summed E-state index contributed by atoms with van der Waals surface area (Å²) in [4.78, 5) is 15.4. The zero-order chi connectivity index (χ0) is 22.2. The van der Waals surface area contributed by atoms with Crippen molar-refractivity contribution in [1.29, 1.82) is 0 Å². The van der Waals surface area contributed by atoms with Gasteiger partial charge in [-0.15, -0.1) is 11.3 Å². The van der Waals surface area contributed by atoms with Crippen LogP contribution in [0.4, 0.5) is 10.1 Å². The van der Waals surface area contributed by atoms with Crippen LogP contribution < -0.4 is 9.46 Å². The van der Waals surface area contributed by atoms with Crippen molar-refractivity contribution in [2.45, 2.75) is 5.03 Å². The van der Waals surface area contributed by atoms with Crippen LogP contribution in [0.2, 0.25) is 0 Å². The number of carboxylic acid groups (broad SMARTS) is 1. The molecule has 0 aliphatic rings. The number of benzene rings is 3. The zero-order valence-electron chi connectivity index (χ0n) is 16.0. The van der Waals surface area contributed by atoms with E-state index in [4.69, 9.17) is 9.84 Å². The first kappa shape index (κ1) is 20.8. The van der Waals surface area contributed by atoms with Crippen LogP contribution in [0, 0.1) is 5.82 Å². The van der Waals surface area contributed by atoms with Crippen molar-refractivity contribution in [2.75, 3.05) is 11.8 Å². The second-order valence-corrected chi connectivity index (χ2v) is 8.94. The van der Waals surface area contributed by atoms with Gasteiger partial charge < -0.3 is 9.84 Å². The molecule has 0 radical (unpaired) electrons. The largest absolute Gasteiger partial charge is 0.495 e. The van der Waals surface area contributed by atoms with E-state index in [0.717, 1.165) is 11.3 Å². The van der Waals surface area contributed by atoms with Crippen LogP contribution in [-0.2, 0) is 10.0 Å². The van der Waals surface area contributed by atoms with Crippen molar-refractivity contribution in [3.8, 4) is 16.3 Å². The molecule has 2 N–H and O–H groups in total. The third kappa shape index (κ3) is 3.94. The summed E-state index contributed by atoms with van der Waals surface area (Å²) in [6.45, 7) is 0. The van der Waals surface area contributed by atoms with Crippen molar-refractivity contribution in [1.82, 2.24) is 4.98 Å². The highest BCUT2D eigenvalue weighted by molar-refractivity contribution is 7.92. The van der Waals surface area contributed by atoms with Crippen LogP contribution in [0.3, 0.4) is 0 Å². The SMILES string of the molecule is COc1cc(C(=O)O)ccc1NS(=O)(=O)c1csc(-c2ccc(F)c3ccccc23)n1. The van der Waals surface area contributed by atoms with Gasteiger partial charge in [0, 0.05) is 16.3 Å². The predicted octanol–water partition coefficient (Wildman–Crippen LogP) is 4.61. The molecule has 0 bridgehead atoms. The molecule has 3 aromatic carbocycles. The molecule has 0 spiro atoms. The van der Waals surface area contributed by atoms with Gasteiger partial charge in [0.05, 0.1) is 18.4 Å². The number of carbonyl (C=O) groups is 1. The molecule has 0 unspecified atom stereocenters. The van der Waals surface area contributed by atoms with E-state index in [2.05, 4.69) is 9.71 Å². The second-order valence-electron chi connectivity index (χ2n) is 6.46. The van der Waals surface area contributed by atoms with Crippen LogP contribution in [0.1, 0.15) is 10.4 Å². The number of methoxy groups -OCH3 is 1. The number of anilines is 1. The number of nitrogens with one attached hydrogen (secondary N) is 1. The Morgan fingerprint density at radius 1 is 1.13 bits per heavy atom. The Labute approximate surface area is 180 Å². The Balaban J connectivity index is 1.70. The molecule has 0 amide bonds. The maximum atomic E-state index is 14.1. The van der Waals surface area contributed by atoms with Crippen molar-refractivity contribution < 1.29 is 27.4 Å². The van der Waals surface area contributed by atoms with Gasteiger partial charge in [0.25, 0.3) is 10.0 Å². The maximum Gasteiger partial charge on any atom is 0.335 e. The van der Waals surface area contributed by atoms with Crippen LogP contribution in [0.25, 0.3) is 21.3 Å². The van der Waals surface area contributed by atoms with E-state index in [1.807, 2.05) is 0 Å². The van der Waals surface area contributed by atoms with Gasteiger partial charge in [-0.1, -0.05) is 24.3 Å². The number of halogens is 1. The summed E-state index contributed by atoms with van der Waals surface area (Å²) in [5, 5.41) is 11.7. The lowest BCUT2D eigenvalue weighted by Gasteiger charge is -2.11. The zero-order valence-corrected chi connectivity index (χ0v) is 17.6. The van der Waals surface area contributed by atoms with Crippen LogP contribution >= 0.6 is 11.3 Å². The van der Waals surface area contributed by atoms with E-state index in [9.17, 15) is 17.6 Å². The van der Waals surface area contributed by atoms with Crippen LogP contribution in [-0.4, -0.2) is 31.6 Å². The number of aromatic carboxylic acids is 1. The van der Waals surface area contributed by atoms with Crippen molar-refractivity contribution >= 4 is 43.8 Å². The summed E-state index contributed by atoms with van der Waals surface area (Å²) >= 11 is 1.12. The Hall–Kier alpha value is -3.50. The van der Waals surface area contributed by atoms with Crippen molar-refractivity contribution in [3.05, 3.63) is 71.4 Å². The Morgan fingerprint density at radius 3 is 2.58 bits per heavy atom. The monoisotopic (exact) mass is 458 g/mol. The molecule has 0 saturated carbocycles. The van der Waals surface area contributed by atoms with Gasteiger partial charge in [-0.25, -0.2) is 14.2 Å². The molecule has 0 saturated heterocycles. The number of thiazole rings is 1. The summed E-state index contributed by atoms with van der Waals surface area (Å²) < 4.78 is 47.3. The molecule has 0 atom stereocenters. The number of fused-ring (bicyclic) bond motifs is 1. The maximum absolute atomic E-state index is 14.1. The molecule has 31 heavy (non-hydrogen) atoms. The van der Waals surface area contributed by atoms with Gasteiger partial charge in [0.2, 0.25) is 0 Å². The van der Waals surface area contributed by atoms with E-state index in [0.29, 0.717) is 21.3 Å². The highest BCUT2D eigenvalue weighted by atomic mass is 32.2. The predicted molar refractivity (Wildman–Crippen MR) is 116 cm³/mol. The number of rotatable bonds is 6. The molecule has 0 fully saturated rings. The standard InChI is InChI=1S/C21H15FN2O5S2/c1-29-18-10-12(21(25)26)6-9-17(18)24-31(27,28)19-11-30-20(23-19)15-7-8-16(22)14-5-3-2-4-13(14)15/h2-11,24H,1H3,(H,25,26). The summed E-state index contributed by atoms with van der Waals surface area (Å²) in [5.74, 6) is -1.48. The minimum absolute atomic E-state index is 0.0427.